The highest BCUT2D eigenvalue weighted by Crippen LogP contribution is 2.21. The van der Waals surface area contributed by atoms with Gasteiger partial charge in [-0.1, -0.05) is 11.0 Å². The van der Waals surface area contributed by atoms with Gasteiger partial charge in [0.1, 0.15) is 5.75 Å². The van der Waals surface area contributed by atoms with Crippen LogP contribution >= 0.6 is 0 Å². The fourth-order valence-corrected chi connectivity index (χ4v) is 2.35. The molecule has 1 amide bonds. The third-order valence-corrected chi connectivity index (χ3v) is 3.56. The van der Waals surface area contributed by atoms with Crippen molar-refractivity contribution in [2.45, 2.75) is 6.61 Å². The minimum atomic E-state index is -2.92. The van der Waals surface area contributed by atoms with Crippen LogP contribution in [0.1, 0.15) is 0 Å². The standard InChI is InChI=1S/C16H17F2N5O2/c1-21(2)23-7-6-14-20-13(9-22(14)10-23)15(24)19-11-4-3-5-12(8-11)25-16(17)18/h3-9,16H,10H2,1-2H3,(H,19,24)/q+1. The summed E-state index contributed by atoms with van der Waals surface area (Å²) in [4.78, 5) is 18.5. The van der Waals surface area contributed by atoms with E-state index in [1.807, 2.05) is 35.2 Å². The Labute approximate surface area is 143 Å². The van der Waals surface area contributed by atoms with E-state index in [1.54, 1.807) is 18.3 Å². The molecule has 25 heavy (non-hydrogen) atoms. The Morgan fingerprint density at radius 2 is 2.24 bits per heavy atom. The van der Waals surface area contributed by atoms with Crippen molar-refractivity contribution < 1.29 is 18.3 Å². The number of hydrogen-bond donors (Lipinski definition) is 1. The maximum atomic E-state index is 12.4. The zero-order valence-electron chi connectivity index (χ0n) is 13.7. The molecule has 0 unspecified atom stereocenters. The number of benzene rings is 1. The molecule has 0 aliphatic carbocycles. The van der Waals surface area contributed by atoms with Gasteiger partial charge in [0.2, 0.25) is 6.67 Å². The molecule has 0 fully saturated rings. The smallest absolute Gasteiger partial charge is 0.387 e. The quantitative estimate of drug-likeness (QED) is 0.825. The Kier molecular flexibility index (Phi) is 4.77. The number of halogens is 2. The lowest BCUT2D eigenvalue weighted by Gasteiger charge is -2.27. The van der Waals surface area contributed by atoms with Crippen LogP contribution in [0.3, 0.4) is 0 Å². The fraction of sp³-hybridized carbons (Fsp3) is 0.250. The molecular weight excluding hydrogens is 332 g/mol. The minimum absolute atomic E-state index is 0.0264. The number of fused-ring (bicyclic) bond motifs is 1. The van der Waals surface area contributed by atoms with E-state index in [1.165, 1.54) is 18.2 Å². The van der Waals surface area contributed by atoms with Gasteiger partial charge < -0.3 is 10.1 Å². The van der Waals surface area contributed by atoms with Gasteiger partial charge in [-0.3, -0.25) is 9.80 Å². The number of alkyl halides is 2. The van der Waals surface area contributed by atoms with Gasteiger partial charge in [0.05, 0.1) is 0 Å². The predicted octanol–water partition coefficient (Wildman–Crippen LogP) is 1.88. The number of hydrogen-bond acceptors (Lipinski definition) is 6. The van der Waals surface area contributed by atoms with E-state index in [-0.39, 0.29) is 11.4 Å². The number of ether oxygens (including phenoxy) is 1. The minimum Gasteiger partial charge on any atom is -0.435 e. The molecule has 7 nitrogen and oxygen atoms in total. The van der Waals surface area contributed by atoms with Gasteiger partial charge in [0, 0.05) is 38.1 Å². The van der Waals surface area contributed by atoms with Gasteiger partial charge in [-0.25, -0.2) is 5.01 Å². The second kappa shape index (κ2) is 6.99. The lowest BCUT2D eigenvalue weighted by Crippen LogP contribution is -2.47. The molecule has 1 N–H and O–H groups in total. The Balaban J connectivity index is 1.68. The van der Waals surface area contributed by atoms with Crippen LogP contribution in [0.4, 0.5) is 14.5 Å². The second-order valence-electron chi connectivity index (χ2n) is 5.56. The van der Waals surface area contributed by atoms with E-state index in [2.05, 4.69) is 15.0 Å². The highest BCUT2D eigenvalue weighted by Gasteiger charge is 2.35. The van der Waals surface area contributed by atoms with Crippen LogP contribution in [0.15, 0.2) is 53.4 Å². The summed E-state index contributed by atoms with van der Waals surface area (Å²) < 4.78 is 28.8. The summed E-state index contributed by atoms with van der Waals surface area (Å²) >= 11 is 0. The van der Waals surface area contributed by atoms with Crippen molar-refractivity contribution in [3.05, 3.63) is 48.4 Å². The predicted molar refractivity (Wildman–Crippen MR) is 88.9 cm³/mol. The van der Waals surface area contributed by atoms with Crippen LogP contribution in [0.2, 0.25) is 0 Å². The number of anilines is 1. The maximum absolute atomic E-state index is 12.4. The highest BCUT2D eigenvalue weighted by atomic mass is 19.3. The molecule has 0 atom stereocenters. The molecule has 0 bridgehead atoms. The lowest BCUT2D eigenvalue weighted by molar-refractivity contribution is -0.112. The largest absolute Gasteiger partial charge is 0.435 e. The Hall–Kier alpha value is -2.78. The Morgan fingerprint density at radius 3 is 2.96 bits per heavy atom. The van der Waals surface area contributed by atoms with Crippen molar-refractivity contribution >= 4 is 17.4 Å². The molecule has 0 saturated carbocycles. The van der Waals surface area contributed by atoms with Crippen LogP contribution in [0.25, 0.3) is 0 Å². The normalized spacial score (nSPS) is 16.8. The van der Waals surface area contributed by atoms with Crippen LogP contribution in [0.5, 0.6) is 5.75 Å². The van der Waals surface area contributed by atoms with E-state index in [9.17, 15) is 13.6 Å². The molecule has 1 aromatic rings. The zero-order chi connectivity index (χ0) is 18.0. The maximum Gasteiger partial charge on any atom is 0.387 e. The molecule has 0 aromatic heterocycles. The van der Waals surface area contributed by atoms with Crippen molar-refractivity contribution in [2.24, 2.45) is 4.99 Å². The van der Waals surface area contributed by atoms with Crippen LogP contribution < -0.4 is 15.0 Å². The van der Waals surface area contributed by atoms with Crippen LogP contribution in [0, 0.1) is 0 Å². The van der Waals surface area contributed by atoms with E-state index in [0.29, 0.717) is 18.2 Å². The molecule has 2 aliphatic rings. The molecule has 2 heterocycles. The topological polar surface area (TPSA) is 63.1 Å². The first-order valence-corrected chi connectivity index (χ1v) is 7.48. The number of rotatable bonds is 5. The summed E-state index contributed by atoms with van der Waals surface area (Å²) in [5, 5.41) is 6.48. The third-order valence-electron chi connectivity index (χ3n) is 3.56. The van der Waals surface area contributed by atoms with E-state index in [4.69, 9.17) is 0 Å². The van der Waals surface area contributed by atoms with Crippen LogP contribution in [-0.2, 0) is 4.79 Å². The van der Waals surface area contributed by atoms with E-state index < -0.39 is 12.5 Å². The van der Waals surface area contributed by atoms with Crippen LogP contribution in [-0.4, -0.2) is 49.1 Å². The molecule has 1 aromatic carbocycles. The first-order valence-electron chi connectivity index (χ1n) is 7.48. The van der Waals surface area contributed by atoms with Crippen molar-refractivity contribution in [1.82, 2.24) is 14.9 Å². The van der Waals surface area contributed by atoms with Gasteiger partial charge in [0.15, 0.2) is 11.9 Å². The van der Waals surface area contributed by atoms with Gasteiger partial charge in [-0.05, 0) is 12.1 Å². The van der Waals surface area contributed by atoms with Crippen molar-refractivity contribution in [3.63, 3.8) is 0 Å². The first kappa shape index (κ1) is 17.1. The average Bonchev–Trinajstić information content (AvgIpc) is 2.97. The molecular formula is C16H17F2N5O2+. The third kappa shape index (κ3) is 4.01. The number of amides is 1. The molecule has 2 aliphatic heterocycles. The molecule has 3 rings (SSSR count). The SMILES string of the molecule is CN(C)N1C=CC2=NC(C(=O)Nc3cccc(OC(F)F)c3)=C[N+]2C1. The van der Waals surface area contributed by atoms with Crippen molar-refractivity contribution in [2.75, 3.05) is 26.1 Å². The number of carbonyl (C=O) groups is 1. The number of carbonyl (C=O) groups excluding carboxylic acids is 1. The number of nitrogens with zero attached hydrogens (tertiary/aromatic N) is 4. The monoisotopic (exact) mass is 349 g/mol. The summed E-state index contributed by atoms with van der Waals surface area (Å²) in [5.41, 5.74) is 0.583. The number of nitrogens with one attached hydrogen (secondary N) is 1. The van der Waals surface area contributed by atoms with Gasteiger partial charge in [-0.2, -0.15) is 13.8 Å². The summed E-state index contributed by atoms with van der Waals surface area (Å²) in [5.74, 6) is 0.209. The van der Waals surface area contributed by atoms with E-state index in [0.717, 1.165) is 0 Å². The highest BCUT2D eigenvalue weighted by molar-refractivity contribution is 6.10. The molecule has 131 valence electrons. The Morgan fingerprint density at radius 1 is 1.44 bits per heavy atom. The number of aliphatic imine (C=N–C) groups is 1. The molecule has 0 saturated heterocycles. The molecule has 1 radical (unpaired) electrons. The lowest BCUT2D eigenvalue weighted by atomic mass is 10.3. The number of hydrazine groups is 1. The average molecular weight is 349 g/mol. The fourth-order valence-electron chi connectivity index (χ4n) is 2.35. The van der Waals surface area contributed by atoms with Crippen molar-refractivity contribution in [3.8, 4) is 5.75 Å². The summed E-state index contributed by atoms with van der Waals surface area (Å²) in [6.45, 7) is -2.38. The number of amidine groups is 1. The summed E-state index contributed by atoms with van der Waals surface area (Å²) in [7, 11) is 3.82. The molecule has 0 spiro atoms. The first-order chi connectivity index (χ1) is 11.9. The van der Waals surface area contributed by atoms with E-state index >= 15 is 0 Å². The summed E-state index contributed by atoms with van der Waals surface area (Å²) in [6.07, 6.45) is 5.32. The second-order valence-corrected chi connectivity index (χ2v) is 5.56. The Bertz CT molecular complexity index is 761. The molecule has 9 heteroatoms. The van der Waals surface area contributed by atoms with Gasteiger partial charge >= 0.3 is 6.61 Å². The zero-order valence-corrected chi connectivity index (χ0v) is 13.7. The summed E-state index contributed by atoms with van der Waals surface area (Å²) in [6, 6.07) is 5.81. The van der Waals surface area contributed by atoms with Gasteiger partial charge in [0.25, 0.3) is 11.7 Å². The van der Waals surface area contributed by atoms with Crippen molar-refractivity contribution in [1.29, 1.82) is 0 Å². The van der Waals surface area contributed by atoms with Gasteiger partial charge in [-0.15, -0.1) is 0 Å².